The molecule has 80 valence electrons. The van der Waals surface area contributed by atoms with Crippen molar-refractivity contribution < 1.29 is 5.11 Å². The van der Waals surface area contributed by atoms with E-state index < -0.39 is 5.60 Å². The minimum absolute atomic E-state index is 0.243. The second kappa shape index (κ2) is 3.93. The smallest absolute Gasteiger partial charge is 0.103 e. The third-order valence-corrected chi connectivity index (χ3v) is 3.60. The highest BCUT2D eigenvalue weighted by Gasteiger charge is 2.40. The number of rotatable bonds is 3. The molecule has 0 spiro atoms. The van der Waals surface area contributed by atoms with Crippen LogP contribution in [0.3, 0.4) is 0 Å². The van der Waals surface area contributed by atoms with E-state index >= 15 is 0 Å². The van der Waals surface area contributed by atoms with E-state index in [9.17, 15) is 5.11 Å². The zero-order chi connectivity index (χ0) is 10.9. The summed E-state index contributed by atoms with van der Waals surface area (Å²) in [6.07, 6.45) is 0.243. The van der Waals surface area contributed by atoms with Gasteiger partial charge in [0.25, 0.3) is 0 Å². The molecule has 1 aromatic rings. The average Bonchev–Trinajstić information content (AvgIpc) is 2.49. The van der Waals surface area contributed by atoms with Gasteiger partial charge in [0.05, 0.1) is 12.5 Å². The Morgan fingerprint density at radius 2 is 2.33 bits per heavy atom. The van der Waals surface area contributed by atoms with Gasteiger partial charge in [0.2, 0.25) is 0 Å². The van der Waals surface area contributed by atoms with E-state index in [2.05, 4.69) is 24.0 Å². The molecule has 1 aliphatic heterocycles. The molecule has 1 saturated heterocycles. The molecule has 0 radical (unpaired) electrons. The van der Waals surface area contributed by atoms with Gasteiger partial charge in [0, 0.05) is 29.4 Å². The molecular weight excluding hydrogens is 208 g/mol. The summed E-state index contributed by atoms with van der Waals surface area (Å²) in [5.41, 5.74) is -0.749. The normalized spacial score (nSPS) is 19.5. The van der Waals surface area contributed by atoms with Crippen molar-refractivity contribution in [2.45, 2.75) is 25.5 Å². The van der Waals surface area contributed by atoms with Crippen LogP contribution in [0.15, 0.2) is 12.1 Å². The van der Waals surface area contributed by atoms with Crippen LogP contribution >= 0.6 is 11.3 Å². The number of hydrogen-bond donors (Lipinski definition) is 1. The predicted octanol–water partition coefficient (Wildman–Crippen LogP) is 1.52. The maximum absolute atomic E-state index is 9.80. The summed E-state index contributed by atoms with van der Waals surface area (Å²) < 4.78 is 0. The number of aryl methyl sites for hydroxylation is 1. The molecule has 2 rings (SSSR count). The van der Waals surface area contributed by atoms with Crippen LogP contribution in [0, 0.1) is 18.3 Å². The molecule has 0 amide bonds. The van der Waals surface area contributed by atoms with E-state index in [1.54, 1.807) is 11.3 Å². The summed E-state index contributed by atoms with van der Waals surface area (Å²) in [7, 11) is 0. The lowest BCUT2D eigenvalue weighted by Gasteiger charge is -2.45. The summed E-state index contributed by atoms with van der Waals surface area (Å²) in [6, 6.07) is 6.26. The highest BCUT2D eigenvalue weighted by molar-refractivity contribution is 7.11. The summed E-state index contributed by atoms with van der Waals surface area (Å²) >= 11 is 1.79. The number of hydrogen-bond acceptors (Lipinski definition) is 4. The summed E-state index contributed by atoms with van der Waals surface area (Å²) in [5, 5.41) is 18.3. The van der Waals surface area contributed by atoms with Crippen LogP contribution in [0.4, 0.5) is 0 Å². The Morgan fingerprint density at radius 1 is 1.60 bits per heavy atom. The van der Waals surface area contributed by atoms with Gasteiger partial charge in [-0.3, -0.25) is 4.90 Å². The standard InChI is InChI=1S/C11H14N2OS/c1-9-2-3-10(15-9)6-13-7-11(14,8-13)4-5-12/h2-3,14H,4,6-8H2,1H3. The van der Waals surface area contributed by atoms with Crippen molar-refractivity contribution in [2.24, 2.45) is 0 Å². The molecule has 0 saturated carbocycles. The number of aliphatic hydroxyl groups is 1. The van der Waals surface area contributed by atoms with E-state index in [0.717, 1.165) is 6.54 Å². The van der Waals surface area contributed by atoms with Crippen molar-refractivity contribution >= 4 is 11.3 Å². The van der Waals surface area contributed by atoms with Gasteiger partial charge >= 0.3 is 0 Å². The predicted molar refractivity (Wildman–Crippen MR) is 59.5 cm³/mol. The zero-order valence-electron chi connectivity index (χ0n) is 8.73. The van der Waals surface area contributed by atoms with E-state index in [4.69, 9.17) is 5.26 Å². The second-order valence-electron chi connectivity index (χ2n) is 4.22. The van der Waals surface area contributed by atoms with Crippen molar-refractivity contribution in [2.75, 3.05) is 13.1 Å². The molecule has 1 aliphatic rings. The van der Waals surface area contributed by atoms with Crippen molar-refractivity contribution in [3.63, 3.8) is 0 Å². The number of thiophene rings is 1. The van der Waals surface area contributed by atoms with Gasteiger partial charge in [-0.2, -0.15) is 5.26 Å². The van der Waals surface area contributed by atoms with Crippen LogP contribution in [0.2, 0.25) is 0 Å². The second-order valence-corrected chi connectivity index (χ2v) is 5.59. The Hall–Kier alpha value is -0.890. The van der Waals surface area contributed by atoms with Crippen LogP contribution in [0.25, 0.3) is 0 Å². The Balaban J connectivity index is 1.84. The van der Waals surface area contributed by atoms with E-state index in [-0.39, 0.29) is 6.42 Å². The van der Waals surface area contributed by atoms with Gasteiger partial charge in [-0.1, -0.05) is 0 Å². The first kappa shape index (κ1) is 10.6. The van der Waals surface area contributed by atoms with Crippen molar-refractivity contribution in [1.29, 1.82) is 5.26 Å². The molecule has 0 aliphatic carbocycles. The third-order valence-electron chi connectivity index (χ3n) is 2.62. The van der Waals surface area contributed by atoms with Gasteiger partial charge in [-0.15, -0.1) is 11.3 Å². The number of likely N-dealkylation sites (tertiary alicyclic amines) is 1. The Kier molecular flexibility index (Phi) is 2.79. The molecule has 0 bridgehead atoms. The van der Waals surface area contributed by atoms with Gasteiger partial charge in [0.15, 0.2) is 0 Å². The number of β-amino-alcohol motifs (C(OH)–C–C–N with tert-alkyl or cyclic N) is 1. The molecule has 3 nitrogen and oxygen atoms in total. The van der Waals surface area contributed by atoms with E-state index in [0.29, 0.717) is 13.1 Å². The maximum atomic E-state index is 9.80. The quantitative estimate of drug-likeness (QED) is 0.843. The maximum Gasteiger partial charge on any atom is 0.103 e. The van der Waals surface area contributed by atoms with E-state index in [1.165, 1.54) is 9.75 Å². The van der Waals surface area contributed by atoms with Gasteiger partial charge in [-0.25, -0.2) is 0 Å². The molecule has 1 aromatic heterocycles. The highest BCUT2D eigenvalue weighted by Crippen LogP contribution is 2.27. The fourth-order valence-electron chi connectivity index (χ4n) is 1.95. The number of nitriles is 1. The molecule has 0 unspecified atom stereocenters. The minimum atomic E-state index is -0.749. The molecule has 0 atom stereocenters. The first-order valence-corrected chi connectivity index (χ1v) is 5.80. The van der Waals surface area contributed by atoms with Gasteiger partial charge in [0.1, 0.15) is 5.60 Å². The van der Waals surface area contributed by atoms with Crippen molar-refractivity contribution in [1.82, 2.24) is 4.90 Å². The summed E-state index contributed by atoms with van der Waals surface area (Å²) in [4.78, 5) is 4.81. The molecule has 1 N–H and O–H groups in total. The Bertz CT molecular complexity index is 388. The third kappa shape index (κ3) is 2.37. The molecule has 2 heterocycles. The highest BCUT2D eigenvalue weighted by atomic mass is 32.1. The lowest BCUT2D eigenvalue weighted by Crippen LogP contribution is -2.60. The van der Waals surface area contributed by atoms with Crippen LogP contribution in [-0.4, -0.2) is 28.7 Å². The molecule has 1 fully saturated rings. The van der Waals surface area contributed by atoms with Crippen LogP contribution in [0.1, 0.15) is 16.2 Å². The van der Waals surface area contributed by atoms with E-state index in [1.807, 2.05) is 6.07 Å². The lowest BCUT2D eigenvalue weighted by molar-refractivity contribution is -0.0971. The fourth-order valence-corrected chi connectivity index (χ4v) is 2.88. The van der Waals surface area contributed by atoms with Crippen LogP contribution in [0.5, 0.6) is 0 Å². The first-order valence-electron chi connectivity index (χ1n) is 4.98. The molecular formula is C11H14N2OS. The van der Waals surface area contributed by atoms with Gasteiger partial charge < -0.3 is 5.11 Å². The Labute approximate surface area is 93.6 Å². The fraction of sp³-hybridized carbons (Fsp3) is 0.545. The Morgan fingerprint density at radius 3 is 2.87 bits per heavy atom. The zero-order valence-corrected chi connectivity index (χ0v) is 9.55. The van der Waals surface area contributed by atoms with Crippen LogP contribution < -0.4 is 0 Å². The van der Waals surface area contributed by atoms with Crippen molar-refractivity contribution in [3.8, 4) is 6.07 Å². The largest absolute Gasteiger partial charge is 0.386 e. The average molecular weight is 222 g/mol. The monoisotopic (exact) mass is 222 g/mol. The number of nitrogens with zero attached hydrogens (tertiary/aromatic N) is 2. The molecule has 0 aromatic carbocycles. The first-order chi connectivity index (χ1) is 7.11. The van der Waals surface area contributed by atoms with Crippen LogP contribution in [-0.2, 0) is 6.54 Å². The summed E-state index contributed by atoms with van der Waals surface area (Å²) in [6.45, 7) is 4.23. The minimum Gasteiger partial charge on any atom is -0.386 e. The van der Waals surface area contributed by atoms with Crippen molar-refractivity contribution in [3.05, 3.63) is 21.9 Å². The van der Waals surface area contributed by atoms with Gasteiger partial charge in [-0.05, 0) is 19.1 Å². The molecule has 15 heavy (non-hydrogen) atoms. The topological polar surface area (TPSA) is 47.3 Å². The lowest BCUT2D eigenvalue weighted by atomic mass is 9.91. The SMILES string of the molecule is Cc1ccc(CN2CC(O)(CC#N)C2)s1. The molecule has 4 heteroatoms. The summed E-state index contributed by atoms with van der Waals surface area (Å²) in [5.74, 6) is 0.